The molecule has 1 saturated carbocycles. The third-order valence-corrected chi connectivity index (χ3v) is 4.22. The van der Waals surface area contributed by atoms with Crippen molar-refractivity contribution < 1.29 is 9.50 Å². The van der Waals surface area contributed by atoms with E-state index < -0.39 is 6.10 Å². The minimum Gasteiger partial charge on any atom is -0.388 e. The Hall–Kier alpha value is -1.67. The molecule has 0 aliphatic heterocycles. The van der Waals surface area contributed by atoms with Crippen molar-refractivity contribution in [2.45, 2.75) is 37.7 Å². The Labute approximate surface area is 119 Å². The molecule has 0 bridgehead atoms. The van der Waals surface area contributed by atoms with E-state index in [1.54, 1.807) is 6.07 Å². The molecule has 0 heterocycles. The molecule has 0 saturated heterocycles. The molecule has 2 aromatic carbocycles. The summed E-state index contributed by atoms with van der Waals surface area (Å²) in [5.41, 5.74) is 3.09. The monoisotopic (exact) mass is 270 g/mol. The third-order valence-electron chi connectivity index (χ3n) is 4.22. The van der Waals surface area contributed by atoms with Gasteiger partial charge in [-0.25, -0.2) is 4.39 Å². The standard InChI is InChI=1S/C18H19FO/c19-17-6-1-3-13(11-17)12-18(20)16-9-7-15(8-10-16)14-4-2-5-14/h1,3,6-11,14,18,20H,2,4-5,12H2. The summed E-state index contributed by atoms with van der Waals surface area (Å²) in [6.45, 7) is 0. The van der Waals surface area contributed by atoms with Crippen molar-refractivity contribution in [2.75, 3.05) is 0 Å². The summed E-state index contributed by atoms with van der Waals surface area (Å²) in [4.78, 5) is 0. The number of rotatable bonds is 4. The van der Waals surface area contributed by atoms with Gasteiger partial charge < -0.3 is 5.11 Å². The van der Waals surface area contributed by atoms with Crippen LogP contribution in [0.3, 0.4) is 0 Å². The van der Waals surface area contributed by atoms with Crippen molar-refractivity contribution in [3.8, 4) is 0 Å². The van der Waals surface area contributed by atoms with Gasteiger partial charge in [-0.1, -0.05) is 42.8 Å². The molecule has 1 aliphatic rings. The van der Waals surface area contributed by atoms with Gasteiger partial charge >= 0.3 is 0 Å². The van der Waals surface area contributed by atoms with Crippen LogP contribution in [0.15, 0.2) is 48.5 Å². The van der Waals surface area contributed by atoms with Crippen LogP contribution in [0.1, 0.15) is 48.0 Å². The molecule has 0 amide bonds. The van der Waals surface area contributed by atoms with Gasteiger partial charge in [0.25, 0.3) is 0 Å². The second-order valence-corrected chi connectivity index (χ2v) is 5.64. The van der Waals surface area contributed by atoms with E-state index in [9.17, 15) is 9.50 Å². The zero-order valence-electron chi connectivity index (χ0n) is 11.4. The third kappa shape index (κ3) is 2.91. The van der Waals surface area contributed by atoms with E-state index in [4.69, 9.17) is 0 Å². The topological polar surface area (TPSA) is 20.2 Å². The van der Waals surface area contributed by atoms with Crippen LogP contribution in [0, 0.1) is 5.82 Å². The van der Waals surface area contributed by atoms with Crippen LogP contribution in [-0.2, 0) is 6.42 Å². The lowest BCUT2D eigenvalue weighted by atomic mass is 9.80. The van der Waals surface area contributed by atoms with Crippen molar-refractivity contribution in [3.05, 3.63) is 71.0 Å². The van der Waals surface area contributed by atoms with Gasteiger partial charge in [0.15, 0.2) is 0 Å². The molecule has 2 heteroatoms. The highest BCUT2D eigenvalue weighted by atomic mass is 19.1. The maximum atomic E-state index is 13.1. The number of benzene rings is 2. The first-order valence-corrected chi connectivity index (χ1v) is 7.25. The second kappa shape index (κ2) is 5.76. The number of aliphatic hydroxyl groups is 1. The van der Waals surface area contributed by atoms with Crippen molar-refractivity contribution in [1.82, 2.24) is 0 Å². The van der Waals surface area contributed by atoms with E-state index in [0.29, 0.717) is 12.3 Å². The van der Waals surface area contributed by atoms with Crippen LogP contribution in [-0.4, -0.2) is 5.11 Å². The molecular formula is C18H19FO. The minimum absolute atomic E-state index is 0.255. The Balaban J connectivity index is 1.68. The molecule has 3 rings (SSSR count). The number of aliphatic hydroxyl groups excluding tert-OH is 1. The quantitative estimate of drug-likeness (QED) is 0.874. The SMILES string of the molecule is OC(Cc1cccc(F)c1)c1ccc(C2CCC2)cc1. The molecular weight excluding hydrogens is 251 g/mol. The molecule has 1 atom stereocenters. The lowest BCUT2D eigenvalue weighted by molar-refractivity contribution is 0.178. The molecule has 0 radical (unpaired) electrons. The molecule has 20 heavy (non-hydrogen) atoms. The Morgan fingerprint density at radius 3 is 2.45 bits per heavy atom. The highest BCUT2D eigenvalue weighted by Crippen LogP contribution is 2.36. The lowest BCUT2D eigenvalue weighted by Crippen LogP contribution is -2.09. The van der Waals surface area contributed by atoms with Gasteiger partial charge in [0.1, 0.15) is 5.82 Å². The van der Waals surface area contributed by atoms with Crippen LogP contribution in [0.4, 0.5) is 4.39 Å². The molecule has 1 unspecified atom stereocenters. The summed E-state index contributed by atoms with van der Waals surface area (Å²) in [6.07, 6.45) is 3.76. The fourth-order valence-electron chi connectivity index (χ4n) is 2.74. The maximum Gasteiger partial charge on any atom is 0.123 e. The second-order valence-electron chi connectivity index (χ2n) is 5.64. The fourth-order valence-corrected chi connectivity index (χ4v) is 2.74. The van der Waals surface area contributed by atoms with Crippen LogP contribution >= 0.6 is 0 Å². The first-order chi connectivity index (χ1) is 9.72. The van der Waals surface area contributed by atoms with E-state index in [1.807, 2.05) is 18.2 Å². The van der Waals surface area contributed by atoms with E-state index >= 15 is 0 Å². The number of halogens is 1. The average molecular weight is 270 g/mol. The van der Waals surface area contributed by atoms with Gasteiger partial charge in [-0.05, 0) is 47.6 Å². The van der Waals surface area contributed by atoms with Crippen LogP contribution < -0.4 is 0 Å². The van der Waals surface area contributed by atoms with E-state index in [0.717, 1.165) is 11.1 Å². The largest absolute Gasteiger partial charge is 0.388 e. The molecule has 1 aliphatic carbocycles. The summed E-state index contributed by atoms with van der Waals surface area (Å²) in [5, 5.41) is 10.2. The zero-order valence-corrected chi connectivity index (χ0v) is 11.4. The van der Waals surface area contributed by atoms with Crippen LogP contribution in [0.25, 0.3) is 0 Å². The highest BCUT2D eigenvalue weighted by molar-refractivity contribution is 5.29. The van der Waals surface area contributed by atoms with Crippen molar-refractivity contribution >= 4 is 0 Å². The molecule has 1 fully saturated rings. The molecule has 0 aromatic heterocycles. The molecule has 2 aromatic rings. The fraction of sp³-hybridized carbons (Fsp3) is 0.333. The van der Waals surface area contributed by atoms with Gasteiger partial charge in [0.05, 0.1) is 6.10 Å². The smallest absolute Gasteiger partial charge is 0.123 e. The zero-order chi connectivity index (χ0) is 13.9. The Morgan fingerprint density at radius 1 is 1.10 bits per heavy atom. The first-order valence-electron chi connectivity index (χ1n) is 7.25. The Morgan fingerprint density at radius 2 is 1.85 bits per heavy atom. The molecule has 1 nitrogen and oxygen atoms in total. The summed E-state index contributed by atoms with van der Waals surface area (Å²) < 4.78 is 13.1. The highest BCUT2D eigenvalue weighted by Gasteiger charge is 2.19. The predicted octanol–water partition coefficient (Wildman–Crippen LogP) is 4.37. The van der Waals surface area contributed by atoms with E-state index in [2.05, 4.69) is 12.1 Å². The molecule has 104 valence electrons. The van der Waals surface area contributed by atoms with Gasteiger partial charge in [-0.2, -0.15) is 0 Å². The van der Waals surface area contributed by atoms with Crippen LogP contribution in [0.5, 0.6) is 0 Å². The van der Waals surface area contributed by atoms with Crippen molar-refractivity contribution in [1.29, 1.82) is 0 Å². The van der Waals surface area contributed by atoms with E-state index in [1.165, 1.54) is 37.0 Å². The summed E-state index contributed by atoms with van der Waals surface area (Å²) in [5.74, 6) is 0.458. The van der Waals surface area contributed by atoms with Crippen LogP contribution in [0.2, 0.25) is 0 Å². The predicted molar refractivity (Wildman–Crippen MR) is 78.1 cm³/mol. The van der Waals surface area contributed by atoms with E-state index in [-0.39, 0.29) is 5.82 Å². The Bertz CT molecular complexity index is 572. The van der Waals surface area contributed by atoms with Crippen molar-refractivity contribution in [3.63, 3.8) is 0 Å². The summed E-state index contributed by atoms with van der Waals surface area (Å²) in [7, 11) is 0. The average Bonchev–Trinajstić information content (AvgIpc) is 2.37. The van der Waals surface area contributed by atoms with Gasteiger partial charge in [0.2, 0.25) is 0 Å². The maximum absolute atomic E-state index is 13.1. The van der Waals surface area contributed by atoms with Gasteiger partial charge in [-0.3, -0.25) is 0 Å². The molecule has 0 spiro atoms. The number of hydrogen-bond acceptors (Lipinski definition) is 1. The summed E-state index contributed by atoms with van der Waals surface area (Å²) >= 11 is 0. The normalized spacial score (nSPS) is 16.7. The Kier molecular flexibility index (Phi) is 3.83. The van der Waals surface area contributed by atoms with Gasteiger partial charge in [0, 0.05) is 6.42 Å². The lowest BCUT2D eigenvalue weighted by Gasteiger charge is -2.26. The van der Waals surface area contributed by atoms with Gasteiger partial charge in [-0.15, -0.1) is 0 Å². The van der Waals surface area contributed by atoms with Crippen molar-refractivity contribution in [2.24, 2.45) is 0 Å². The first kappa shape index (κ1) is 13.3. The minimum atomic E-state index is -0.577. The molecule has 1 N–H and O–H groups in total. The summed E-state index contributed by atoms with van der Waals surface area (Å²) in [6, 6.07) is 14.7. The number of hydrogen-bond donors (Lipinski definition) is 1.